The van der Waals surface area contributed by atoms with Crippen LogP contribution >= 0.6 is 0 Å². The van der Waals surface area contributed by atoms with E-state index in [1.54, 1.807) is 10.9 Å². The molecule has 4 N–H and O–H groups in total. The second-order valence-corrected chi connectivity index (χ2v) is 9.48. The monoisotopic (exact) mass is 536 g/mol. The van der Waals surface area contributed by atoms with Gasteiger partial charge < -0.3 is 20.5 Å². The van der Waals surface area contributed by atoms with Gasteiger partial charge in [0.2, 0.25) is 5.95 Å². The third-order valence-corrected chi connectivity index (χ3v) is 6.78. The number of H-pyrrole nitrogens is 1. The molecular weight excluding hydrogens is 509 g/mol. The number of hydrogen-bond acceptors (Lipinski definition) is 6. The highest BCUT2D eigenvalue weighted by atomic mass is 19.1. The molecule has 202 valence electrons. The number of nitrogens with one attached hydrogen (secondary N) is 2. The Morgan fingerprint density at radius 2 is 1.72 bits per heavy atom. The number of nitrogens with two attached hydrogens (primary N) is 1. The number of halogens is 3. The summed E-state index contributed by atoms with van der Waals surface area (Å²) >= 11 is 0. The third kappa shape index (κ3) is 5.12. The minimum absolute atomic E-state index is 0.283. The Labute approximate surface area is 222 Å². The maximum absolute atomic E-state index is 14.4. The van der Waals surface area contributed by atoms with Crippen molar-refractivity contribution < 1.29 is 13.2 Å². The van der Waals surface area contributed by atoms with Gasteiger partial charge in [-0.15, -0.1) is 0 Å². The topological polar surface area (TPSA) is 128 Å². The predicted octanol–water partition coefficient (Wildman–Crippen LogP) is 3.02. The minimum atomic E-state index is -1.61. The minimum Gasteiger partial charge on any atom is -0.358 e. The number of rotatable bonds is 6. The highest BCUT2D eigenvalue weighted by Gasteiger charge is 2.32. The Morgan fingerprint density at radius 3 is 2.31 bits per heavy atom. The van der Waals surface area contributed by atoms with Crippen molar-refractivity contribution in [1.29, 1.82) is 5.41 Å². The van der Waals surface area contributed by atoms with Gasteiger partial charge in [0.1, 0.15) is 23.8 Å². The fourth-order valence-electron chi connectivity index (χ4n) is 4.70. The number of piperazine rings is 1. The van der Waals surface area contributed by atoms with Crippen molar-refractivity contribution in [2.24, 2.45) is 17.8 Å². The molecule has 13 heteroatoms. The van der Waals surface area contributed by atoms with Crippen LogP contribution in [0.2, 0.25) is 0 Å². The molecule has 1 fully saturated rings. The van der Waals surface area contributed by atoms with E-state index in [0.29, 0.717) is 50.1 Å². The van der Waals surface area contributed by atoms with E-state index in [9.17, 15) is 13.2 Å². The molecule has 0 spiro atoms. The molecule has 0 unspecified atom stereocenters. The Balaban J connectivity index is 1.28. The number of aromatic nitrogens is 5. The Bertz CT molecular complexity index is 1490. The van der Waals surface area contributed by atoms with E-state index in [4.69, 9.17) is 11.1 Å². The normalized spacial score (nSPS) is 15.9. The lowest BCUT2D eigenvalue weighted by molar-refractivity contribution is 0.383. The third-order valence-electron chi connectivity index (χ3n) is 6.78. The van der Waals surface area contributed by atoms with E-state index in [0.717, 1.165) is 23.2 Å². The highest BCUT2D eigenvalue weighted by molar-refractivity contribution is 6.01. The van der Waals surface area contributed by atoms with Crippen LogP contribution in [-0.2, 0) is 12.6 Å². The second kappa shape index (κ2) is 10.3. The molecule has 4 aromatic rings. The number of benzene rings is 1. The first-order valence-electron chi connectivity index (χ1n) is 12.2. The lowest BCUT2D eigenvalue weighted by Gasteiger charge is -2.36. The maximum Gasteiger partial charge on any atom is 0.225 e. The first-order valence-corrected chi connectivity index (χ1v) is 12.2. The van der Waals surface area contributed by atoms with Crippen molar-refractivity contribution >= 4 is 18.1 Å². The molecule has 0 saturated carbocycles. The lowest BCUT2D eigenvalue weighted by Crippen LogP contribution is -2.49. The van der Waals surface area contributed by atoms with Gasteiger partial charge >= 0.3 is 0 Å². The predicted molar refractivity (Wildman–Crippen MR) is 141 cm³/mol. The summed E-state index contributed by atoms with van der Waals surface area (Å²) in [7, 11) is 1.86. The second-order valence-electron chi connectivity index (χ2n) is 9.48. The average molecular weight is 537 g/mol. The standard InChI is InChI=1S/C26H27F3N10/c1-26(31,23-20(28)8-19(27)9-21(23)29)18-12-33-25(34-13-18)39-5-3-38(4-6-39)24(35-15-30)22-7-16(10-32-22)17-11-36-37(2)14-17/h7-15,30,32H,3-6,31H2,1-2H3/t26-/m0/s1. The van der Waals surface area contributed by atoms with E-state index < -0.39 is 28.6 Å². The van der Waals surface area contributed by atoms with Gasteiger partial charge in [-0.2, -0.15) is 5.10 Å². The summed E-state index contributed by atoms with van der Waals surface area (Å²) in [5.41, 5.74) is 7.22. The molecule has 0 amide bonds. The van der Waals surface area contributed by atoms with Crippen molar-refractivity contribution in [2.45, 2.75) is 12.5 Å². The van der Waals surface area contributed by atoms with Gasteiger partial charge in [-0.1, -0.05) is 0 Å². The number of aromatic amines is 1. The summed E-state index contributed by atoms with van der Waals surface area (Å²) < 4.78 is 43.9. The largest absolute Gasteiger partial charge is 0.358 e. The molecule has 0 bridgehead atoms. The van der Waals surface area contributed by atoms with Gasteiger partial charge in [0.15, 0.2) is 5.84 Å². The van der Waals surface area contributed by atoms with Crippen LogP contribution in [0.5, 0.6) is 0 Å². The number of hydrogen-bond donors (Lipinski definition) is 3. The molecule has 4 heterocycles. The number of aliphatic imine (C=N–C) groups is 1. The van der Waals surface area contributed by atoms with E-state index in [-0.39, 0.29) is 5.56 Å². The van der Waals surface area contributed by atoms with Crippen LogP contribution in [0.3, 0.4) is 0 Å². The molecule has 1 aliphatic heterocycles. The van der Waals surface area contributed by atoms with Gasteiger partial charge in [-0.25, -0.2) is 28.1 Å². The molecule has 1 aliphatic rings. The summed E-state index contributed by atoms with van der Waals surface area (Å²) in [5.74, 6) is -2.07. The summed E-state index contributed by atoms with van der Waals surface area (Å²) in [6, 6.07) is 3.17. The molecule has 0 radical (unpaired) electrons. The SMILES string of the molecule is Cn1cc(-c2c[nH]c(C(=NC=N)N3CCN(c4ncc([C@](C)(N)c5c(F)cc(F)cc5F)cn4)CC3)c2)cn1. The van der Waals surface area contributed by atoms with E-state index in [2.05, 4.69) is 29.9 Å². The van der Waals surface area contributed by atoms with Gasteiger partial charge in [0, 0.05) is 92.4 Å². The zero-order valence-corrected chi connectivity index (χ0v) is 21.4. The fourth-order valence-corrected chi connectivity index (χ4v) is 4.70. The van der Waals surface area contributed by atoms with Crippen molar-refractivity contribution in [3.8, 4) is 11.1 Å². The van der Waals surface area contributed by atoms with Gasteiger partial charge in [-0.05, 0) is 13.0 Å². The molecular formula is C26H27F3N10. The Hall–Kier alpha value is -4.52. The van der Waals surface area contributed by atoms with Crippen LogP contribution in [0.4, 0.5) is 19.1 Å². The van der Waals surface area contributed by atoms with Crippen LogP contribution in [0.1, 0.15) is 23.7 Å². The van der Waals surface area contributed by atoms with Crippen molar-refractivity contribution in [3.63, 3.8) is 0 Å². The summed E-state index contributed by atoms with van der Waals surface area (Å²) in [4.78, 5) is 20.4. The van der Waals surface area contributed by atoms with Crippen LogP contribution in [0.15, 0.2) is 54.2 Å². The Kier molecular flexibility index (Phi) is 6.91. The number of anilines is 1. The molecule has 1 aromatic carbocycles. The van der Waals surface area contributed by atoms with Crippen LogP contribution in [0.25, 0.3) is 11.1 Å². The number of amidine groups is 1. The lowest BCUT2D eigenvalue weighted by atomic mass is 9.86. The molecule has 39 heavy (non-hydrogen) atoms. The maximum atomic E-state index is 14.4. The van der Waals surface area contributed by atoms with Crippen LogP contribution in [0, 0.1) is 22.9 Å². The van der Waals surface area contributed by atoms with Crippen molar-refractivity contribution in [1.82, 2.24) is 29.6 Å². The smallest absolute Gasteiger partial charge is 0.225 e. The van der Waals surface area contributed by atoms with Gasteiger partial charge in [-0.3, -0.25) is 10.1 Å². The molecule has 3 aromatic heterocycles. The van der Waals surface area contributed by atoms with Crippen molar-refractivity contribution in [3.05, 3.63) is 83.5 Å². The molecule has 5 rings (SSSR count). The number of nitrogens with zero attached hydrogens (tertiary/aromatic N) is 7. The first-order chi connectivity index (χ1) is 18.7. The summed E-state index contributed by atoms with van der Waals surface area (Å²) in [5, 5.41) is 11.8. The quantitative estimate of drug-likeness (QED) is 0.257. The fraction of sp³-hybridized carbons (Fsp3) is 0.269. The average Bonchev–Trinajstić information content (AvgIpc) is 3.56. The van der Waals surface area contributed by atoms with Gasteiger partial charge in [0.25, 0.3) is 0 Å². The summed E-state index contributed by atoms with van der Waals surface area (Å²) in [6.07, 6.45) is 9.46. The highest BCUT2D eigenvalue weighted by Crippen LogP contribution is 2.31. The Morgan fingerprint density at radius 1 is 1.05 bits per heavy atom. The first kappa shape index (κ1) is 26.1. The molecule has 10 nitrogen and oxygen atoms in total. The van der Waals surface area contributed by atoms with E-state index in [1.807, 2.05) is 30.4 Å². The van der Waals surface area contributed by atoms with E-state index in [1.165, 1.54) is 19.3 Å². The molecule has 1 saturated heterocycles. The molecule has 0 aliphatic carbocycles. The van der Waals surface area contributed by atoms with Gasteiger partial charge in [0.05, 0.1) is 17.4 Å². The van der Waals surface area contributed by atoms with E-state index >= 15 is 0 Å². The van der Waals surface area contributed by atoms with Crippen LogP contribution in [-0.4, -0.2) is 68.0 Å². The number of aryl methyl sites for hydroxylation is 1. The van der Waals surface area contributed by atoms with Crippen molar-refractivity contribution in [2.75, 3.05) is 31.1 Å². The zero-order chi connectivity index (χ0) is 27.7. The van der Waals surface area contributed by atoms with Crippen LogP contribution < -0.4 is 10.6 Å². The molecule has 1 atom stereocenters. The summed E-state index contributed by atoms with van der Waals surface area (Å²) in [6.45, 7) is 3.77. The zero-order valence-electron chi connectivity index (χ0n) is 21.4.